The van der Waals surface area contributed by atoms with Crippen LogP contribution in [-0.4, -0.2) is 31.6 Å². The van der Waals surface area contributed by atoms with Gasteiger partial charge in [0.25, 0.3) is 0 Å². The minimum absolute atomic E-state index is 0.127. The van der Waals surface area contributed by atoms with Gasteiger partial charge in [-0.15, -0.1) is 0 Å². The summed E-state index contributed by atoms with van der Waals surface area (Å²) in [7, 11) is 0. The molecule has 0 amide bonds. The second-order valence-electron chi connectivity index (χ2n) is 4.04. The van der Waals surface area contributed by atoms with Crippen molar-refractivity contribution in [1.29, 1.82) is 0 Å². The summed E-state index contributed by atoms with van der Waals surface area (Å²) in [4.78, 5) is 0. The van der Waals surface area contributed by atoms with Crippen LogP contribution in [0.5, 0.6) is 0 Å². The minimum Gasteiger partial charge on any atom is -0.377 e. The lowest BCUT2D eigenvalue weighted by molar-refractivity contribution is -0.143. The predicted molar refractivity (Wildman–Crippen MR) is 50.6 cm³/mol. The molecule has 76 valence electrons. The van der Waals surface area contributed by atoms with Crippen molar-refractivity contribution in [2.45, 2.75) is 44.4 Å². The van der Waals surface area contributed by atoms with E-state index in [-0.39, 0.29) is 5.72 Å². The van der Waals surface area contributed by atoms with E-state index in [0.717, 1.165) is 32.6 Å². The van der Waals surface area contributed by atoms with Crippen LogP contribution < -0.4 is 5.32 Å². The Morgan fingerprint density at radius 2 is 2.46 bits per heavy atom. The van der Waals surface area contributed by atoms with Gasteiger partial charge in [-0.2, -0.15) is 0 Å². The average Bonchev–Trinajstić information content (AvgIpc) is 2.54. The Hall–Kier alpha value is -0.120. The summed E-state index contributed by atoms with van der Waals surface area (Å²) in [6.07, 6.45) is 5.00. The highest BCUT2D eigenvalue weighted by atomic mass is 16.6. The summed E-state index contributed by atoms with van der Waals surface area (Å²) in [5.41, 5.74) is -0.127. The topological polar surface area (TPSA) is 30.5 Å². The van der Waals surface area contributed by atoms with Crippen LogP contribution in [0.4, 0.5) is 0 Å². The zero-order valence-electron chi connectivity index (χ0n) is 8.34. The van der Waals surface area contributed by atoms with Gasteiger partial charge in [-0.05, 0) is 12.8 Å². The Balaban J connectivity index is 1.90. The van der Waals surface area contributed by atoms with Crippen molar-refractivity contribution in [1.82, 2.24) is 5.32 Å². The molecule has 2 rings (SSSR count). The first-order valence-electron chi connectivity index (χ1n) is 5.35. The zero-order valence-corrected chi connectivity index (χ0v) is 8.34. The molecule has 0 aromatic rings. The van der Waals surface area contributed by atoms with Crippen LogP contribution in [0, 0.1) is 0 Å². The lowest BCUT2D eigenvalue weighted by Crippen LogP contribution is -2.55. The van der Waals surface area contributed by atoms with Crippen LogP contribution in [-0.2, 0) is 9.47 Å². The number of rotatable bonds is 2. The highest BCUT2D eigenvalue weighted by Gasteiger charge is 2.40. The van der Waals surface area contributed by atoms with E-state index in [2.05, 4.69) is 12.2 Å². The van der Waals surface area contributed by atoms with E-state index in [1.54, 1.807) is 0 Å². The summed E-state index contributed by atoms with van der Waals surface area (Å²) in [5, 5.41) is 3.44. The molecule has 13 heavy (non-hydrogen) atoms. The summed E-state index contributed by atoms with van der Waals surface area (Å²) < 4.78 is 11.4. The second-order valence-corrected chi connectivity index (χ2v) is 4.04. The Bertz CT molecular complexity index is 164. The summed E-state index contributed by atoms with van der Waals surface area (Å²) in [6.45, 7) is 4.86. The third-order valence-corrected chi connectivity index (χ3v) is 2.90. The van der Waals surface area contributed by atoms with Gasteiger partial charge < -0.3 is 9.47 Å². The molecule has 1 N–H and O–H groups in total. The minimum atomic E-state index is -0.127. The number of ether oxygens (including phenoxy) is 2. The van der Waals surface area contributed by atoms with Crippen molar-refractivity contribution in [2.75, 3.05) is 19.8 Å². The van der Waals surface area contributed by atoms with Crippen molar-refractivity contribution in [2.24, 2.45) is 0 Å². The first-order valence-corrected chi connectivity index (χ1v) is 5.35. The quantitative estimate of drug-likeness (QED) is 0.703. The molecule has 2 fully saturated rings. The highest BCUT2D eigenvalue weighted by Crippen LogP contribution is 2.27. The number of nitrogens with one attached hydrogen (secondary N) is 1. The van der Waals surface area contributed by atoms with Crippen molar-refractivity contribution in [3.63, 3.8) is 0 Å². The van der Waals surface area contributed by atoms with E-state index < -0.39 is 0 Å². The second kappa shape index (κ2) is 3.95. The molecule has 2 heterocycles. The molecule has 0 bridgehead atoms. The Labute approximate surface area is 79.8 Å². The molecule has 0 aromatic carbocycles. The standard InChI is InChI=1S/C10H19NO2/c1-2-3-9-4-6-11-10(13-9)5-7-12-8-10/h9,11H,2-8H2,1H3. The van der Waals surface area contributed by atoms with E-state index in [0.29, 0.717) is 6.10 Å². The van der Waals surface area contributed by atoms with Crippen LogP contribution in [0.15, 0.2) is 0 Å². The molecule has 3 nitrogen and oxygen atoms in total. The molecule has 2 aliphatic heterocycles. The van der Waals surface area contributed by atoms with Gasteiger partial charge in [0.2, 0.25) is 0 Å². The lowest BCUT2D eigenvalue weighted by atomic mass is 10.1. The van der Waals surface area contributed by atoms with Gasteiger partial charge in [0.15, 0.2) is 0 Å². The van der Waals surface area contributed by atoms with Gasteiger partial charge in [0.1, 0.15) is 5.72 Å². The van der Waals surface area contributed by atoms with E-state index in [4.69, 9.17) is 9.47 Å². The average molecular weight is 185 g/mol. The summed E-state index contributed by atoms with van der Waals surface area (Å²) in [5.74, 6) is 0. The molecular weight excluding hydrogens is 166 g/mol. The maximum absolute atomic E-state index is 6.04. The van der Waals surface area contributed by atoms with Gasteiger partial charge in [0.05, 0.1) is 19.3 Å². The van der Waals surface area contributed by atoms with Crippen LogP contribution in [0.3, 0.4) is 0 Å². The Morgan fingerprint density at radius 1 is 1.54 bits per heavy atom. The Kier molecular flexibility index (Phi) is 2.86. The molecule has 0 aromatic heterocycles. The predicted octanol–water partition coefficient (Wildman–Crippen LogP) is 1.28. The zero-order chi connectivity index (χ0) is 9.15. The first kappa shape index (κ1) is 9.44. The van der Waals surface area contributed by atoms with Gasteiger partial charge in [-0.3, -0.25) is 5.32 Å². The van der Waals surface area contributed by atoms with Crippen molar-refractivity contribution >= 4 is 0 Å². The molecule has 0 radical (unpaired) electrons. The van der Waals surface area contributed by atoms with Gasteiger partial charge in [-0.25, -0.2) is 0 Å². The van der Waals surface area contributed by atoms with Gasteiger partial charge in [0, 0.05) is 13.0 Å². The maximum Gasteiger partial charge on any atom is 0.145 e. The van der Waals surface area contributed by atoms with Crippen LogP contribution >= 0.6 is 0 Å². The third kappa shape index (κ3) is 2.03. The molecule has 0 saturated carbocycles. The molecule has 2 aliphatic rings. The summed E-state index contributed by atoms with van der Waals surface area (Å²) >= 11 is 0. The monoisotopic (exact) mass is 185 g/mol. The van der Waals surface area contributed by atoms with Crippen LogP contribution in [0.25, 0.3) is 0 Å². The number of hydrogen-bond donors (Lipinski definition) is 1. The molecule has 2 saturated heterocycles. The normalized spacial score (nSPS) is 39.9. The van der Waals surface area contributed by atoms with Gasteiger partial charge >= 0.3 is 0 Å². The molecule has 1 spiro atoms. The summed E-state index contributed by atoms with van der Waals surface area (Å²) in [6, 6.07) is 0. The molecule has 2 unspecified atom stereocenters. The van der Waals surface area contributed by atoms with Crippen molar-refractivity contribution in [3.8, 4) is 0 Å². The molecule has 0 aliphatic carbocycles. The smallest absolute Gasteiger partial charge is 0.145 e. The highest BCUT2D eigenvalue weighted by molar-refractivity contribution is 4.87. The van der Waals surface area contributed by atoms with Crippen molar-refractivity contribution in [3.05, 3.63) is 0 Å². The third-order valence-electron chi connectivity index (χ3n) is 2.90. The fraction of sp³-hybridized carbons (Fsp3) is 1.00. The molecule has 3 heteroatoms. The maximum atomic E-state index is 6.04. The molecular formula is C10H19NO2. The largest absolute Gasteiger partial charge is 0.377 e. The fourth-order valence-electron chi connectivity index (χ4n) is 2.18. The fourth-order valence-corrected chi connectivity index (χ4v) is 2.18. The van der Waals surface area contributed by atoms with Crippen molar-refractivity contribution < 1.29 is 9.47 Å². The van der Waals surface area contributed by atoms with E-state index in [1.165, 1.54) is 12.8 Å². The Morgan fingerprint density at radius 3 is 3.15 bits per heavy atom. The van der Waals surface area contributed by atoms with Crippen LogP contribution in [0.1, 0.15) is 32.6 Å². The molecule has 2 atom stereocenters. The SMILES string of the molecule is CCCC1CCNC2(CCOC2)O1. The number of hydrogen-bond acceptors (Lipinski definition) is 3. The lowest BCUT2D eigenvalue weighted by Gasteiger charge is -2.38. The van der Waals surface area contributed by atoms with E-state index in [9.17, 15) is 0 Å². The first-order chi connectivity index (χ1) is 6.35. The van der Waals surface area contributed by atoms with Crippen LogP contribution in [0.2, 0.25) is 0 Å². The van der Waals surface area contributed by atoms with E-state index >= 15 is 0 Å². The van der Waals surface area contributed by atoms with Gasteiger partial charge in [-0.1, -0.05) is 13.3 Å². The van der Waals surface area contributed by atoms with E-state index in [1.807, 2.05) is 0 Å².